The first kappa shape index (κ1) is 11.0. The van der Waals surface area contributed by atoms with Gasteiger partial charge in [-0.05, 0) is 41.8 Å². The monoisotopic (exact) mass is 240 g/mol. The van der Waals surface area contributed by atoms with Crippen LogP contribution >= 0.6 is 0 Å². The lowest BCUT2D eigenvalue weighted by Crippen LogP contribution is -2.02. The lowest BCUT2D eigenvalue weighted by Gasteiger charge is -2.11. The van der Waals surface area contributed by atoms with Gasteiger partial charge in [-0.2, -0.15) is 0 Å². The fraction of sp³-hybridized carbons (Fsp3) is 0.200. The molecule has 0 saturated carbocycles. The van der Waals surface area contributed by atoms with Crippen molar-refractivity contribution in [1.29, 1.82) is 0 Å². The molecule has 0 spiro atoms. The van der Waals surface area contributed by atoms with E-state index in [9.17, 15) is 5.11 Å². The molecule has 0 aliphatic carbocycles. The van der Waals surface area contributed by atoms with Gasteiger partial charge in [0.05, 0.1) is 0 Å². The van der Waals surface area contributed by atoms with E-state index in [-0.39, 0.29) is 0 Å². The third-order valence-corrected chi connectivity index (χ3v) is 3.28. The van der Waals surface area contributed by atoms with Gasteiger partial charge in [-0.25, -0.2) is 0 Å². The Morgan fingerprint density at radius 1 is 1.11 bits per heavy atom. The van der Waals surface area contributed by atoms with Crippen molar-refractivity contribution in [3.05, 3.63) is 53.6 Å². The molecule has 3 nitrogen and oxygen atoms in total. The minimum atomic E-state index is 0.294. The van der Waals surface area contributed by atoms with Crippen LogP contribution < -0.4 is 10.6 Å². The Labute approximate surface area is 106 Å². The van der Waals surface area contributed by atoms with Crippen molar-refractivity contribution in [2.24, 2.45) is 0 Å². The average molecular weight is 240 g/mol. The van der Waals surface area contributed by atoms with Crippen molar-refractivity contribution < 1.29 is 5.11 Å². The molecule has 0 bridgehead atoms. The van der Waals surface area contributed by atoms with Gasteiger partial charge in [-0.15, -0.1) is 0 Å². The maximum atomic E-state index is 9.23. The van der Waals surface area contributed by atoms with Crippen LogP contribution in [-0.2, 0) is 13.0 Å². The van der Waals surface area contributed by atoms with Gasteiger partial charge in [0.1, 0.15) is 5.75 Å². The fourth-order valence-electron chi connectivity index (χ4n) is 2.33. The molecule has 0 amide bonds. The zero-order valence-electron chi connectivity index (χ0n) is 10.1. The predicted molar refractivity (Wildman–Crippen MR) is 74.1 cm³/mol. The zero-order valence-corrected chi connectivity index (χ0v) is 10.1. The molecule has 0 saturated heterocycles. The van der Waals surface area contributed by atoms with Crippen molar-refractivity contribution >= 4 is 11.4 Å². The predicted octanol–water partition coefficient (Wildman–Crippen LogP) is 2.97. The quantitative estimate of drug-likeness (QED) is 0.723. The van der Waals surface area contributed by atoms with Crippen molar-refractivity contribution in [2.75, 3.05) is 17.2 Å². The highest BCUT2D eigenvalue weighted by Crippen LogP contribution is 2.27. The number of nitrogens with one attached hydrogen (secondary N) is 2. The molecular weight excluding hydrogens is 224 g/mol. The van der Waals surface area contributed by atoms with E-state index in [1.54, 1.807) is 12.1 Å². The summed E-state index contributed by atoms with van der Waals surface area (Å²) in [7, 11) is 0. The summed E-state index contributed by atoms with van der Waals surface area (Å²) in [6.07, 6.45) is 1.11. The molecule has 1 aliphatic rings. The van der Waals surface area contributed by atoms with Gasteiger partial charge >= 0.3 is 0 Å². The van der Waals surface area contributed by atoms with E-state index in [2.05, 4.69) is 28.8 Å². The topological polar surface area (TPSA) is 44.3 Å². The van der Waals surface area contributed by atoms with Crippen LogP contribution in [0.3, 0.4) is 0 Å². The first-order valence-corrected chi connectivity index (χ1v) is 6.20. The highest BCUT2D eigenvalue weighted by Gasteiger charge is 2.12. The van der Waals surface area contributed by atoms with E-state index in [1.807, 2.05) is 12.1 Å². The molecule has 2 aromatic carbocycles. The van der Waals surface area contributed by atoms with Crippen LogP contribution in [0.25, 0.3) is 0 Å². The van der Waals surface area contributed by atoms with Gasteiger partial charge < -0.3 is 15.7 Å². The van der Waals surface area contributed by atoms with Crippen LogP contribution in [0.2, 0.25) is 0 Å². The number of phenols is 1. The zero-order chi connectivity index (χ0) is 12.4. The first-order valence-electron chi connectivity index (χ1n) is 6.20. The molecule has 0 unspecified atom stereocenters. The van der Waals surface area contributed by atoms with E-state index in [0.717, 1.165) is 25.2 Å². The molecule has 0 fully saturated rings. The lowest BCUT2D eigenvalue weighted by atomic mass is 10.1. The van der Waals surface area contributed by atoms with E-state index in [4.69, 9.17) is 0 Å². The Hall–Kier alpha value is -2.16. The van der Waals surface area contributed by atoms with Crippen LogP contribution in [0.1, 0.15) is 11.1 Å². The van der Waals surface area contributed by atoms with E-state index in [1.165, 1.54) is 16.8 Å². The molecule has 3 heteroatoms. The molecule has 3 rings (SSSR count). The Balaban J connectivity index is 1.74. The Kier molecular flexibility index (Phi) is 2.81. The molecule has 3 N–H and O–H groups in total. The maximum Gasteiger partial charge on any atom is 0.115 e. The second kappa shape index (κ2) is 4.61. The van der Waals surface area contributed by atoms with E-state index >= 15 is 0 Å². The Morgan fingerprint density at radius 2 is 1.94 bits per heavy atom. The number of anilines is 2. The van der Waals surface area contributed by atoms with Crippen molar-refractivity contribution in [3.8, 4) is 5.75 Å². The number of hydrogen-bond acceptors (Lipinski definition) is 3. The normalized spacial score (nSPS) is 12.9. The average Bonchev–Trinajstić information content (AvgIpc) is 2.87. The molecular formula is C15H16N2O. The number of rotatable bonds is 3. The fourth-order valence-corrected chi connectivity index (χ4v) is 2.33. The minimum absolute atomic E-state index is 0.294. The van der Waals surface area contributed by atoms with Gasteiger partial charge in [0.25, 0.3) is 0 Å². The second-order valence-corrected chi connectivity index (χ2v) is 4.53. The third kappa shape index (κ3) is 2.12. The van der Waals surface area contributed by atoms with E-state index in [0.29, 0.717) is 5.75 Å². The summed E-state index contributed by atoms with van der Waals surface area (Å²) in [5.74, 6) is 0.294. The number of aromatic hydroxyl groups is 1. The smallest absolute Gasteiger partial charge is 0.115 e. The van der Waals surface area contributed by atoms with E-state index < -0.39 is 0 Å². The SMILES string of the molecule is Oc1ccc(NCc2cccc3c2NCC3)cc1. The first-order chi connectivity index (χ1) is 8.83. The van der Waals surface area contributed by atoms with Crippen LogP contribution in [0.5, 0.6) is 5.75 Å². The summed E-state index contributed by atoms with van der Waals surface area (Å²) in [6, 6.07) is 13.6. The summed E-state index contributed by atoms with van der Waals surface area (Å²) in [5.41, 5.74) is 4.99. The molecule has 1 aliphatic heterocycles. The Bertz CT molecular complexity index is 549. The van der Waals surface area contributed by atoms with Crippen LogP contribution in [0, 0.1) is 0 Å². The maximum absolute atomic E-state index is 9.23. The second-order valence-electron chi connectivity index (χ2n) is 4.53. The van der Waals surface area contributed by atoms with Crippen molar-refractivity contribution in [3.63, 3.8) is 0 Å². The molecule has 0 atom stereocenters. The summed E-state index contributed by atoms with van der Waals surface area (Å²) in [6.45, 7) is 1.83. The largest absolute Gasteiger partial charge is 0.508 e. The molecule has 92 valence electrons. The number of fused-ring (bicyclic) bond motifs is 1. The van der Waals surface area contributed by atoms with Gasteiger partial charge in [-0.3, -0.25) is 0 Å². The minimum Gasteiger partial charge on any atom is -0.508 e. The highest BCUT2D eigenvalue weighted by molar-refractivity contribution is 5.62. The summed E-state index contributed by atoms with van der Waals surface area (Å²) < 4.78 is 0. The van der Waals surface area contributed by atoms with Crippen LogP contribution in [-0.4, -0.2) is 11.7 Å². The number of hydrogen-bond donors (Lipinski definition) is 3. The summed E-state index contributed by atoms with van der Waals surface area (Å²) in [4.78, 5) is 0. The van der Waals surface area contributed by atoms with Gasteiger partial charge in [0, 0.05) is 24.5 Å². The standard InChI is InChI=1S/C15H16N2O/c18-14-6-4-13(5-7-14)17-10-12-3-1-2-11-8-9-16-15(11)12/h1-7,16-18H,8-10H2. The summed E-state index contributed by atoms with van der Waals surface area (Å²) >= 11 is 0. The third-order valence-electron chi connectivity index (χ3n) is 3.28. The van der Waals surface area contributed by atoms with Gasteiger partial charge in [0.15, 0.2) is 0 Å². The van der Waals surface area contributed by atoms with Gasteiger partial charge in [-0.1, -0.05) is 18.2 Å². The van der Waals surface area contributed by atoms with Crippen LogP contribution in [0.15, 0.2) is 42.5 Å². The molecule has 0 aromatic heterocycles. The number of phenolic OH excluding ortho intramolecular Hbond substituents is 1. The molecule has 18 heavy (non-hydrogen) atoms. The molecule has 0 radical (unpaired) electrons. The highest BCUT2D eigenvalue weighted by atomic mass is 16.3. The Morgan fingerprint density at radius 3 is 2.78 bits per heavy atom. The van der Waals surface area contributed by atoms with Crippen molar-refractivity contribution in [1.82, 2.24) is 0 Å². The molecule has 1 heterocycles. The number of benzene rings is 2. The van der Waals surface area contributed by atoms with Crippen molar-refractivity contribution in [2.45, 2.75) is 13.0 Å². The molecule has 2 aromatic rings. The van der Waals surface area contributed by atoms with Gasteiger partial charge in [0.2, 0.25) is 0 Å². The lowest BCUT2D eigenvalue weighted by molar-refractivity contribution is 0.475. The number of para-hydroxylation sites is 1. The summed E-state index contributed by atoms with van der Waals surface area (Å²) in [5, 5.41) is 16.0. The van der Waals surface area contributed by atoms with Crippen LogP contribution in [0.4, 0.5) is 11.4 Å².